The largest absolute Gasteiger partial charge is 0.480 e. The number of aliphatic carboxylic acids is 2. The third kappa shape index (κ3) is 4.53. The predicted octanol–water partition coefficient (Wildman–Crippen LogP) is -0.946. The molecule has 7 heteroatoms. The van der Waals surface area contributed by atoms with Crippen molar-refractivity contribution in [2.24, 2.45) is 11.5 Å². The molecule has 0 amide bonds. The number of halogens is 1. The number of carboxylic acid groups (broad SMARTS) is 2. The van der Waals surface area contributed by atoms with E-state index in [-0.39, 0.29) is 0 Å². The van der Waals surface area contributed by atoms with Crippen LogP contribution in [0.2, 0.25) is 0 Å². The van der Waals surface area contributed by atoms with E-state index in [4.69, 9.17) is 21.7 Å². The maximum atomic E-state index is 12.8. The highest BCUT2D eigenvalue weighted by atomic mass is 19.1. The lowest BCUT2D eigenvalue weighted by atomic mass is 10.1. The molecule has 0 saturated heterocycles. The third-order valence-corrected chi connectivity index (χ3v) is 1.38. The molecule has 0 fully saturated rings. The molecule has 0 aliphatic heterocycles. The van der Waals surface area contributed by atoms with Gasteiger partial charge in [0.2, 0.25) is 0 Å². The molecule has 2 atom stereocenters. The molecule has 6 nitrogen and oxygen atoms in total. The standard InChI is InChI=1S/C7H11FN2O4/c8-3(1-4(9)6(11)12)2-5(10)7(13)14/h1,4-5H,2,9-10H2,(H,11,12)(H,13,14)/b3-1-/t4-,5+/m0/s1. The molecule has 0 heterocycles. The Morgan fingerprint density at radius 2 is 1.79 bits per heavy atom. The van der Waals surface area contributed by atoms with Crippen molar-refractivity contribution in [1.82, 2.24) is 0 Å². The Labute approximate surface area is 79.0 Å². The number of carbonyl (C=O) groups is 2. The van der Waals surface area contributed by atoms with E-state index in [9.17, 15) is 14.0 Å². The van der Waals surface area contributed by atoms with Gasteiger partial charge in [0.15, 0.2) is 0 Å². The van der Waals surface area contributed by atoms with Crippen molar-refractivity contribution in [2.75, 3.05) is 0 Å². The summed E-state index contributed by atoms with van der Waals surface area (Å²) in [4.78, 5) is 20.4. The maximum Gasteiger partial charge on any atom is 0.324 e. The van der Waals surface area contributed by atoms with Crippen LogP contribution in [0.15, 0.2) is 11.9 Å². The zero-order valence-corrected chi connectivity index (χ0v) is 7.18. The van der Waals surface area contributed by atoms with Crippen molar-refractivity contribution in [3.05, 3.63) is 11.9 Å². The van der Waals surface area contributed by atoms with Crippen LogP contribution >= 0.6 is 0 Å². The summed E-state index contributed by atoms with van der Waals surface area (Å²) in [5.74, 6) is -3.71. The quantitative estimate of drug-likeness (QED) is 0.459. The van der Waals surface area contributed by atoms with E-state index in [0.29, 0.717) is 6.08 Å². The first-order valence-electron chi connectivity index (χ1n) is 3.67. The Balaban J connectivity index is 4.26. The van der Waals surface area contributed by atoms with Crippen molar-refractivity contribution < 1.29 is 24.2 Å². The van der Waals surface area contributed by atoms with Crippen LogP contribution in [0.25, 0.3) is 0 Å². The van der Waals surface area contributed by atoms with Gasteiger partial charge in [0.25, 0.3) is 0 Å². The summed E-state index contributed by atoms with van der Waals surface area (Å²) in [5.41, 5.74) is 9.97. The number of nitrogens with two attached hydrogens (primary N) is 2. The van der Waals surface area contributed by atoms with Crippen LogP contribution in [0.1, 0.15) is 6.42 Å². The summed E-state index contributed by atoms with van der Waals surface area (Å²) < 4.78 is 12.8. The molecule has 14 heavy (non-hydrogen) atoms. The van der Waals surface area contributed by atoms with Gasteiger partial charge < -0.3 is 21.7 Å². The smallest absolute Gasteiger partial charge is 0.324 e. The van der Waals surface area contributed by atoms with E-state index in [1.54, 1.807) is 0 Å². The second-order valence-electron chi connectivity index (χ2n) is 2.63. The van der Waals surface area contributed by atoms with Gasteiger partial charge in [-0.3, -0.25) is 9.59 Å². The minimum Gasteiger partial charge on any atom is -0.480 e. The minimum absolute atomic E-state index is 0.573. The van der Waals surface area contributed by atoms with E-state index < -0.39 is 36.3 Å². The Hall–Kier alpha value is -1.47. The summed E-state index contributed by atoms with van der Waals surface area (Å²) in [6.07, 6.45) is 0.0431. The molecular weight excluding hydrogens is 195 g/mol. The first-order chi connectivity index (χ1) is 6.34. The SMILES string of the molecule is N[C@H](C/C(F)=C/[C@H](N)C(=O)O)C(=O)O. The Morgan fingerprint density at radius 1 is 1.29 bits per heavy atom. The van der Waals surface area contributed by atoms with Gasteiger partial charge in [-0.25, -0.2) is 4.39 Å². The summed E-state index contributed by atoms with van der Waals surface area (Å²) in [7, 11) is 0. The molecule has 0 aromatic carbocycles. The zero-order chi connectivity index (χ0) is 11.3. The average Bonchev–Trinajstić information content (AvgIpc) is 2.03. The van der Waals surface area contributed by atoms with Crippen LogP contribution in [-0.4, -0.2) is 34.2 Å². The first kappa shape index (κ1) is 12.5. The summed E-state index contributed by atoms with van der Waals surface area (Å²) in [6, 6.07) is -2.89. The van der Waals surface area contributed by atoms with Crippen LogP contribution in [0.5, 0.6) is 0 Å². The number of carboxylic acids is 2. The molecule has 0 radical (unpaired) electrons. The van der Waals surface area contributed by atoms with Gasteiger partial charge >= 0.3 is 11.9 Å². The molecule has 0 bridgehead atoms. The first-order valence-corrected chi connectivity index (χ1v) is 3.67. The predicted molar refractivity (Wildman–Crippen MR) is 45.0 cm³/mol. The molecular formula is C7H11FN2O4. The van der Waals surface area contributed by atoms with Crippen molar-refractivity contribution >= 4 is 11.9 Å². The van der Waals surface area contributed by atoms with Gasteiger partial charge in [-0.05, 0) is 6.08 Å². The van der Waals surface area contributed by atoms with Crippen molar-refractivity contribution in [1.29, 1.82) is 0 Å². The molecule has 0 spiro atoms. The minimum atomic E-state index is -1.49. The molecule has 0 aromatic heterocycles. The maximum absolute atomic E-state index is 12.8. The molecule has 0 aliphatic carbocycles. The zero-order valence-electron chi connectivity index (χ0n) is 7.18. The topological polar surface area (TPSA) is 127 Å². The number of hydrogen-bond donors (Lipinski definition) is 4. The fourth-order valence-corrected chi connectivity index (χ4v) is 0.632. The second-order valence-corrected chi connectivity index (χ2v) is 2.63. The van der Waals surface area contributed by atoms with Crippen LogP contribution < -0.4 is 11.5 Å². The van der Waals surface area contributed by atoms with Crippen LogP contribution in [-0.2, 0) is 9.59 Å². The lowest BCUT2D eigenvalue weighted by Gasteiger charge is -2.05. The molecule has 0 rings (SSSR count). The highest BCUT2D eigenvalue weighted by Gasteiger charge is 2.16. The molecule has 0 saturated carbocycles. The molecule has 0 unspecified atom stereocenters. The Kier molecular flexibility index (Phi) is 4.74. The van der Waals surface area contributed by atoms with Crippen molar-refractivity contribution in [3.8, 4) is 0 Å². The molecule has 6 N–H and O–H groups in total. The van der Waals surface area contributed by atoms with Crippen LogP contribution in [0, 0.1) is 0 Å². The van der Waals surface area contributed by atoms with Crippen LogP contribution in [0.4, 0.5) is 4.39 Å². The Morgan fingerprint density at radius 3 is 2.14 bits per heavy atom. The van der Waals surface area contributed by atoms with E-state index >= 15 is 0 Å². The van der Waals surface area contributed by atoms with E-state index in [1.165, 1.54) is 0 Å². The number of hydrogen-bond acceptors (Lipinski definition) is 4. The van der Waals surface area contributed by atoms with Crippen molar-refractivity contribution in [3.63, 3.8) is 0 Å². The van der Waals surface area contributed by atoms with Gasteiger partial charge in [0.1, 0.15) is 17.9 Å². The average molecular weight is 206 g/mol. The fourth-order valence-electron chi connectivity index (χ4n) is 0.632. The molecule has 80 valence electrons. The van der Waals surface area contributed by atoms with E-state index in [0.717, 1.165) is 0 Å². The van der Waals surface area contributed by atoms with Gasteiger partial charge in [-0.15, -0.1) is 0 Å². The lowest BCUT2D eigenvalue weighted by molar-refractivity contribution is -0.138. The summed E-state index contributed by atoms with van der Waals surface area (Å²) in [6.45, 7) is 0. The summed E-state index contributed by atoms with van der Waals surface area (Å²) >= 11 is 0. The second kappa shape index (κ2) is 5.30. The third-order valence-electron chi connectivity index (χ3n) is 1.38. The molecule has 0 aromatic rings. The van der Waals surface area contributed by atoms with E-state index in [1.807, 2.05) is 0 Å². The highest BCUT2D eigenvalue weighted by molar-refractivity contribution is 5.76. The Bertz CT molecular complexity index is 266. The number of rotatable bonds is 5. The fraction of sp³-hybridized carbons (Fsp3) is 0.429. The monoisotopic (exact) mass is 206 g/mol. The highest BCUT2D eigenvalue weighted by Crippen LogP contribution is 2.06. The molecule has 0 aliphatic rings. The lowest BCUT2D eigenvalue weighted by Crippen LogP contribution is -2.31. The summed E-state index contributed by atoms with van der Waals surface area (Å²) in [5, 5.41) is 16.6. The van der Waals surface area contributed by atoms with Gasteiger partial charge in [0.05, 0.1) is 0 Å². The van der Waals surface area contributed by atoms with Gasteiger partial charge in [-0.1, -0.05) is 0 Å². The van der Waals surface area contributed by atoms with Crippen molar-refractivity contribution in [2.45, 2.75) is 18.5 Å². The van der Waals surface area contributed by atoms with Crippen LogP contribution in [0.3, 0.4) is 0 Å². The van der Waals surface area contributed by atoms with Gasteiger partial charge in [0, 0.05) is 6.42 Å². The normalized spacial score (nSPS) is 16.1. The van der Waals surface area contributed by atoms with E-state index in [2.05, 4.69) is 0 Å². The van der Waals surface area contributed by atoms with Gasteiger partial charge in [-0.2, -0.15) is 0 Å².